The molecule has 0 aliphatic heterocycles. The van der Waals surface area contributed by atoms with Crippen LogP contribution in [0.5, 0.6) is 0 Å². The number of anilines is 1. The van der Waals surface area contributed by atoms with Crippen LogP contribution in [0.3, 0.4) is 0 Å². The van der Waals surface area contributed by atoms with E-state index in [1.54, 1.807) is 19.2 Å². The van der Waals surface area contributed by atoms with Gasteiger partial charge in [-0.05, 0) is 12.1 Å². The van der Waals surface area contributed by atoms with Crippen LogP contribution in [0, 0.1) is 0 Å². The van der Waals surface area contributed by atoms with Crippen molar-refractivity contribution in [3.05, 3.63) is 30.3 Å². The zero-order chi connectivity index (χ0) is 10.4. The summed E-state index contributed by atoms with van der Waals surface area (Å²) in [4.78, 5) is 22.8. The number of nitrogens with one attached hydrogen (secondary N) is 1. The lowest BCUT2D eigenvalue weighted by atomic mass is 10.3. The molecule has 0 spiro atoms. The van der Waals surface area contributed by atoms with Gasteiger partial charge < -0.3 is 15.0 Å². The summed E-state index contributed by atoms with van der Waals surface area (Å²) < 4.78 is 0. The van der Waals surface area contributed by atoms with Crippen LogP contribution in [0.15, 0.2) is 30.3 Å². The molecule has 1 N–H and O–H groups in total. The highest BCUT2D eigenvalue weighted by atomic mass is 16.2. The van der Waals surface area contributed by atoms with Crippen LogP contribution in [0.2, 0.25) is 0 Å². The molecular weight excluding hydrogens is 180 g/mol. The van der Waals surface area contributed by atoms with E-state index >= 15 is 0 Å². The first-order chi connectivity index (χ1) is 6.74. The SMILES string of the molecule is CN(CC=O)C(=O)Nc1ccccc1. The minimum atomic E-state index is -0.289. The molecule has 1 aromatic rings. The summed E-state index contributed by atoms with van der Waals surface area (Å²) in [6, 6.07) is 8.80. The standard InChI is InChI=1S/C10H12N2O2/c1-12(7-8-13)10(14)11-9-5-3-2-4-6-9/h2-6,8H,7H2,1H3,(H,11,14). The largest absolute Gasteiger partial charge is 0.321 e. The normalized spacial score (nSPS) is 9.21. The number of nitrogens with zero attached hydrogens (tertiary/aromatic N) is 1. The van der Waals surface area contributed by atoms with E-state index in [-0.39, 0.29) is 12.6 Å². The number of para-hydroxylation sites is 1. The Morgan fingerprint density at radius 1 is 1.43 bits per heavy atom. The molecule has 0 fully saturated rings. The Balaban J connectivity index is 2.53. The summed E-state index contributed by atoms with van der Waals surface area (Å²) in [5, 5.41) is 2.65. The van der Waals surface area contributed by atoms with Crippen molar-refractivity contribution < 1.29 is 9.59 Å². The average molecular weight is 192 g/mol. The number of urea groups is 1. The predicted octanol–water partition coefficient (Wildman–Crippen LogP) is 1.35. The van der Waals surface area contributed by atoms with E-state index in [0.717, 1.165) is 5.69 Å². The summed E-state index contributed by atoms with van der Waals surface area (Å²) in [6.45, 7) is 0.0959. The number of rotatable bonds is 3. The summed E-state index contributed by atoms with van der Waals surface area (Å²) in [6.07, 6.45) is 0.685. The van der Waals surface area contributed by atoms with Gasteiger partial charge in [-0.1, -0.05) is 18.2 Å². The van der Waals surface area contributed by atoms with Gasteiger partial charge in [0, 0.05) is 12.7 Å². The highest BCUT2D eigenvalue weighted by molar-refractivity contribution is 5.90. The van der Waals surface area contributed by atoms with Crippen LogP contribution in [0.1, 0.15) is 0 Å². The number of carbonyl (C=O) groups excluding carboxylic acids is 2. The van der Waals surface area contributed by atoms with Crippen LogP contribution in [0.25, 0.3) is 0 Å². The molecular formula is C10H12N2O2. The summed E-state index contributed by atoms with van der Waals surface area (Å²) in [5.74, 6) is 0. The molecule has 0 saturated carbocycles. The number of carbonyl (C=O) groups is 2. The van der Waals surface area contributed by atoms with E-state index in [2.05, 4.69) is 5.32 Å². The van der Waals surface area contributed by atoms with Gasteiger partial charge in [0.25, 0.3) is 0 Å². The molecule has 4 nitrogen and oxygen atoms in total. The third-order valence-corrected chi connectivity index (χ3v) is 1.72. The Morgan fingerprint density at radius 2 is 2.07 bits per heavy atom. The number of hydrogen-bond acceptors (Lipinski definition) is 2. The summed E-state index contributed by atoms with van der Waals surface area (Å²) >= 11 is 0. The van der Waals surface area contributed by atoms with Gasteiger partial charge in [-0.3, -0.25) is 0 Å². The molecule has 0 unspecified atom stereocenters. The Labute approximate surface area is 82.5 Å². The Kier molecular flexibility index (Phi) is 3.67. The van der Waals surface area contributed by atoms with Gasteiger partial charge in [0.05, 0.1) is 6.54 Å². The van der Waals surface area contributed by atoms with Gasteiger partial charge in [0.15, 0.2) is 0 Å². The minimum absolute atomic E-state index is 0.0959. The molecule has 4 heteroatoms. The van der Waals surface area contributed by atoms with Gasteiger partial charge in [-0.2, -0.15) is 0 Å². The topological polar surface area (TPSA) is 49.4 Å². The van der Waals surface area contributed by atoms with E-state index in [0.29, 0.717) is 6.29 Å². The van der Waals surface area contributed by atoms with Crippen molar-refractivity contribution in [3.63, 3.8) is 0 Å². The fourth-order valence-corrected chi connectivity index (χ4v) is 0.935. The van der Waals surface area contributed by atoms with Crippen LogP contribution >= 0.6 is 0 Å². The molecule has 0 saturated heterocycles. The van der Waals surface area contributed by atoms with Crippen molar-refractivity contribution in [2.45, 2.75) is 0 Å². The second kappa shape index (κ2) is 5.01. The Hall–Kier alpha value is -1.84. The van der Waals surface area contributed by atoms with Crippen LogP contribution < -0.4 is 5.32 Å². The number of benzene rings is 1. The van der Waals surface area contributed by atoms with E-state index in [9.17, 15) is 9.59 Å². The maximum Gasteiger partial charge on any atom is 0.321 e. The lowest BCUT2D eigenvalue weighted by Gasteiger charge is -2.14. The van der Waals surface area contributed by atoms with Crippen molar-refractivity contribution >= 4 is 18.0 Å². The van der Waals surface area contributed by atoms with Crippen molar-refractivity contribution in [3.8, 4) is 0 Å². The molecule has 0 atom stereocenters. The number of aldehydes is 1. The van der Waals surface area contributed by atoms with E-state index in [1.807, 2.05) is 18.2 Å². The predicted molar refractivity (Wildman–Crippen MR) is 54.2 cm³/mol. The molecule has 2 amide bonds. The van der Waals surface area contributed by atoms with E-state index in [4.69, 9.17) is 0 Å². The smallest absolute Gasteiger partial charge is 0.321 e. The zero-order valence-electron chi connectivity index (χ0n) is 7.93. The van der Waals surface area contributed by atoms with Crippen molar-refractivity contribution in [2.75, 3.05) is 18.9 Å². The maximum absolute atomic E-state index is 11.4. The highest BCUT2D eigenvalue weighted by Crippen LogP contribution is 2.05. The van der Waals surface area contributed by atoms with Gasteiger partial charge >= 0.3 is 6.03 Å². The van der Waals surface area contributed by atoms with Crippen LogP contribution in [0.4, 0.5) is 10.5 Å². The molecule has 14 heavy (non-hydrogen) atoms. The maximum atomic E-state index is 11.4. The summed E-state index contributed by atoms with van der Waals surface area (Å²) in [5.41, 5.74) is 0.718. The van der Waals surface area contributed by atoms with Crippen LogP contribution in [-0.4, -0.2) is 30.8 Å². The number of amides is 2. The Morgan fingerprint density at radius 3 is 2.64 bits per heavy atom. The average Bonchev–Trinajstić information content (AvgIpc) is 2.19. The Bertz CT molecular complexity index is 311. The molecule has 1 aromatic carbocycles. The quantitative estimate of drug-likeness (QED) is 0.735. The summed E-state index contributed by atoms with van der Waals surface area (Å²) in [7, 11) is 1.56. The highest BCUT2D eigenvalue weighted by Gasteiger charge is 2.06. The van der Waals surface area contributed by atoms with E-state index in [1.165, 1.54) is 4.90 Å². The molecule has 0 aromatic heterocycles. The number of hydrogen-bond donors (Lipinski definition) is 1. The molecule has 74 valence electrons. The molecule has 0 aliphatic carbocycles. The first-order valence-corrected chi connectivity index (χ1v) is 4.25. The van der Waals surface area contributed by atoms with Crippen molar-refractivity contribution in [1.29, 1.82) is 0 Å². The van der Waals surface area contributed by atoms with Gasteiger partial charge in [0.2, 0.25) is 0 Å². The van der Waals surface area contributed by atoms with Crippen LogP contribution in [-0.2, 0) is 4.79 Å². The lowest BCUT2D eigenvalue weighted by molar-refractivity contribution is -0.108. The third-order valence-electron chi connectivity index (χ3n) is 1.72. The molecule has 0 bridgehead atoms. The lowest BCUT2D eigenvalue weighted by Crippen LogP contribution is -2.32. The fraction of sp³-hybridized carbons (Fsp3) is 0.200. The number of likely N-dealkylation sites (N-methyl/N-ethyl adjacent to an activating group) is 1. The minimum Gasteiger partial charge on any atom is -0.321 e. The third kappa shape index (κ3) is 2.90. The molecule has 1 rings (SSSR count). The van der Waals surface area contributed by atoms with Crippen molar-refractivity contribution in [1.82, 2.24) is 4.90 Å². The molecule has 0 aliphatic rings. The van der Waals surface area contributed by atoms with Gasteiger partial charge in [0.1, 0.15) is 6.29 Å². The molecule has 0 radical (unpaired) electrons. The van der Waals surface area contributed by atoms with E-state index < -0.39 is 0 Å². The van der Waals surface area contributed by atoms with Crippen molar-refractivity contribution in [2.24, 2.45) is 0 Å². The zero-order valence-corrected chi connectivity index (χ0v) is 7.93. The second-order valence-electron chi connectivity index (χ2n) is 2.84. The van der Waals surface area contributed by atoms with Gasteiger partial charge in [-0.15, -0.1) is 0 Å². The first kappa shape index (κ1) is 10.2. The molecule has 0 heterocycles. The first-order valence-electron chi connectivity index (χ1n) is 4.25. The fourth-order valence-electron chi connectivity index (χ4n) is 0.935. The second-order valence-corrected chi connectivity index (χ2v) is 2.84. The monoisotopic (exact) mass is 192 g/mol. The van der Waals surface area contributed by atoms with Gasteiger partial charge in [-0.25, -0.2) is 4.79 Å².